The molecular formula is C52H48N2O2. The summed E-state index contributed by atoms with van der Waals surface area (Å²) in [5.74, 6) is 2.99. The second kappa shape index (κ2) is 10.2. The molecule has 4 bridgehead atoms. The van der Waals surface area contributed by atoms with Crippen molar-refractivity contribution in [2.75, 3.05) is 0 Å². The van der Waals surface area contributed by atoms with Crippen LogP contribution in [0.3, 0.4) is 0 Å². The van der Waals surface area contributed by atoms with Gasteiger partial charge in [-0.25, -0.2) is 0 Å². The molecule has 56 heavy (non-hydrogen) atoms. The van der Waals surface area contributed by atoms with Gasteiger partial charge in [-0.1, -0.05) is 85.7 Å². The van der Waals surface area contributed by atoms with Crippen LogP contribution >= 0.6 is 0 Å². The lowest BCUT2D eigenvalue weighted by atomic mass is 9.67. The molecule has 5 aliphatic carbocycles. The van der Waals surface area contributed by atoms with Gasteiger partial charge in [-0.15, -0.1) is 0 Å². The molecule has 2 saturated carbocycles. The number of hydrogen-bond acceptors (Lipinski definition) is 3. The molecule has 8 aromatic rings. The van der Waals surface area contributed by atoms with Crippen molar-refractivity contribution in [3.8, 4) is 17.2 Å². The third-order valence-electron chi connectivity index (χ3n) is 15.1. The Morgan fingerprint density at radius 1 is 0.714 bits per heavy atom. The van der Waals surface area contributed by atoms with Gasteiger partial charge in [0.15, 0.2) is 0 Å². The number of fused-ring (bicyclic) bond motifs is 12. The largest absolute Gasteiger partial charge is 0.456 e. The van der Waals surface area contributed by atoms with Gasteiger partial charge < -0.3 is 8.82 Å². The summed E-state index contributed by atoms with van der Waals surface area (Å²) in [4.78, 5) is 14.2. The smallest absolute Gasteiger partial charge is 0.200 e. The van der Waals surface area contributed by atoms with Gasteiger partial charge in [0.05, 0.1) is 39.0 Å². The quantitative estimate of drug-likeness (QED) is 0.146. The molecule has 0 saturated heterocycles. The molecule has 4 atom stereocenters. The van der Waals surface area contributed by atoms with E-state index in [1.54, 1.807) is 11.1 Å². The first-order valence-corrected chi connectivity index (χ1v) is 21.0. The molecular weight excluding hydrogens is 685 g/mol. The van der Waals surface area contributed by atoms with Crippen molar-refractivity contribution in [3.05, 3.63) is 110 Å². The lowest BCUT2D eigenvalue weighted by molar-refractivity contribution is 0.166. The first-order valence-electron chi connectivity index (χ1n) is 21.0. The molecule has 4 nitrogen and oxygen atoms in total. The number of nitrogens with zero attached hydrogens (tertiary/aromatic N) is 2. The predicted octanol–water partition coefficient (Wildman–Crippen LogP) is 13.3. The van der Waals surface area contributed by atoms with E-state index in [2.05, 4.69) is 102 Å². The van der Waals surface area contributed by atoms with Gasteiger partial charge in [0.2, 0.25) is 5.43 Å². The minimum absolute atomic E-state index is 0.0161. The molecule has 278 valence electrons. The molecule has 5 aliphatic rings. The van der Waals surface area contributed by atoms with E-state index in [0.29, 0.717) is 33.8 Å². The van der Waals surface area contributed by atoms with Gasteiger partial charge in [0.1, 0.15) is 11.2 Å². The summed E-state index contributed by atoms with van der Waals surface area (Å²) >= 11 is 0. The lowest BCUT2D eigenvalue weighted by Gasteiger charge is -2.38. The maximum atomic E-state index is 14.2. The van der Waals surface area contributed by atoms with Crippen molar-refractivity contribution in [3.63, 3.8) is 0 Å². The van der Waals surface area contributed by atoms with Crippen molar-refractivity contribution in [1.82, 2.24) is 4.40 Å². The highest BCUT2D eigenvalue weighted by Crippen LogP contribution is 2.62. The molecule has 0 amide bonds. The molecule has 3 unspecified atom stereocenters. The number of nitriles is 1. The fourth-order valence-electron chi connectivity index (χ4n) is 12.9. The summed E-state index contributed by atoms with van der Waals surface area (Å²) in [7, 11) is 0. The Balaban J connectivity index is 1.31. The Kier molecular flexibility index (Phi) is 6.04. The standard InChI is InChI=1S/C52H48N2O2/c1-50(2,3)37-23-38(51(4,5)6)45-46-40(54-39-21-35-42(22-34(39)43(37)48(45)54)56-41-12-10-9-11-30(41)49(35)55)18-29(24-53)47-44(46)33-19-31-27-14-25-13-26(15-27)17-28(16-25)32(31)20-36(33)52(47,7)8/h9-12,18-23,25-28H,13-17H2,1-8H3/t25-,26?,27?,28?/m0/s1. The fraction of sp³-hybridized carbons (Fsp3) is 0.385. The Labute approximate surface area is 327 Å². The molecule has 2 fully saturated rings. The Bertz CT molecular complexity index is 3210. The van der Waals surface area contributed by atoms with Crippen LogP contribution in [-0.2, 0) is 16.2 Å². The molecule has 0 radical (unpaired) electrons. The highest BCUT2D eigenvalue weighted by molar-refractivity contribution is 6.30. The van der Waals surface area contributed by atoms with Crippen molar-refractivity contribution in [2.24, 2.45) is 11.8 Å². The Morgan fingerprint density at radius 2 is 1.38 bits per heavy atom. The first kappa shape index (κ1) is 33.0. The minimum Gasteiger partial charge on any atom is -0.456 e. The second-order valence-corrected chi connectivity index (χ2v) is 20.8. The summed E-state index contributed by atoms with van der Waals surface area (Å²) in [5.41, 5.74) is 15.5. The first-order chi connectivity index (χ1) is 26.6. The van der Waals surface area contributed by atoms with Gasteiger partial charge in [-0.2, -0.15) is 5.26 Å². The van der Waals surface area contributed by atoms with Gasteiger partial charge in [0.25, 0.3) is 0 Å². The SMILES string of the molecule is CC(C)(C)c1cc(C(C)(C)C)c2c3c4c(c(C#N)cc3n3c5cc6c(=O)c7ccccc7oc6cc5c1c23)C(C)(C)c1cc2c(cc1-4)C1CC3CC2C[C@@H](C3)C1. The van der Waals surface area contributed by atoms with E-state index in [1.165, 1.54) is 87.2 Å². The van der Waals surface area contributed by atoms with Crippen LogP contribution in [0.2, 0.25) is 0 Å². The average Bonchev–Trinajstić information content (AvgIpc) is 3.68. The molecule has 5 aromatic carbocycles. The van der Waals surface area contributed by atoms with E-state index in [0.717, 1.165) is 33.8 Å². The number of benzene rings is 5. The summed E-state index contributed by atoms with van der Waals surface area (Å²) in [6.07, 6.45) is 6.74. The Hall–Kier alpha value is -5.14. The predicted molar refractivity (Wildman–Crippen MR) is 230 cm³/mol. The molecule has 13 rings (SSSR count). The number of rotatable bonds is 0. The Morgan fingerprint density at radius 3 is 2.05 bits per heavy atom. The van der Waals surface area contributed by atoms with Crippen LogP contribution in [0.1, 0.15) is 138 Å². The monoisotopic (exact) mass is 732 g/mol. The molecule has 0 spiro atoms. The third-order valence-corrected chi connectivity index (χ3v) is 15.1. The second-order valence-electron chi connectivity index (χ2n) is 20.8. The van der Waals surface area contributed by atoms with E-state index in [1.807, 2.05) is 24.3 Å². The van der Waals surface area contributed by atoms with Crippen LogP contribution < -0.4 is 5.43 Å². The van der Waals surface area contributed by atoms with E-state index in [-0.39, 0.29) is 21.7 Å². The van der Waals surface area contributed by atoms with Crippen LogP contribution in [0.25, 0.3) is 71.2 Å². The van der Waals surface area contributed by atoms with Crippen LogP contribution in [0.5, 0.6) is 0 Å². The zero-order valence-electron chi connectivity index (χ0n) is 33.8. The van der Waals surface area contributed by atoms with E-state index in [4.69, 9.17) is 4.42 Å². The van der Waals surface area contributed by atoms with Crippen LogP contribution in [0, 0.1) is 23.2 Å². The van der Waals surface area contributed by atoms with Crippen LogP contribution in [0.15, 0.2) is 69.9 Å². The van der Waals surface area contributed by atoms with Gasteiger partial charge in [0, 0.05) is 27.0 Å². The summed E-state index contributed by atoms with van der Waals surface area (Å²) < 4.78 is 8.94. The zero-order chi connectivity index (χ0) is 38.5. The van der Waals surface area contributed by atoms with Gasteiger partial charge in [-0.05, 0) is 141 Å². The van der Waals surface area contributed by atoms with Crippen LogP contribution in [-0.4, -0.2) is 4.40 Å². The maximum Gasteiger partial charge on any atom is 0.200 e. The number of aromatic nitrogens is 1. The fourth-order valence-corrected chi connectivity index (χ4v) is 12.9. The minimum atomic E-state index is -0.328. The van der Waals surface area contributed by atoms with Crippen molar-refractivity contribution in [1.29, 1.82) is 5.26 Å². The van der Waals surface area contributed by atoms with Crippen molar-refractivity contribution < 1.29 is 4.42 Å². The van der Waals surface area contributed by atoms with E-state index < -0.39 is 0 Å². The van der Waals surface area contributed by atoms with E-state index >= 15 is 0 Å². The third kappa shape index (κ3) is 3.97. The summed E-state index contributed by atoms with van der Waals surface area (Å²) in [5, 5.41) is 17.1. The number of hydrogen-bond donors (Lipinski definition) is 0. The van der Waals surface area contributed by atoms with Gasteiger partial charge >= 0.3 is 0 Å². The molecule has 4 heteroatoms. The topological polar surface area (TPSA) is 58.4 Å². The zero-order valence-corrected chi connectivity index (χ0v) is 33.8. The summed E-state index contributed by atoms with van der Waals surface area (Å²) in [6, 6.07) is 24.4. The average molecular weight is 733 g/mol. The molecule has 0 N–H and O–H groups in total. The van der Waals surface area contributed by atoms with Gasteiger partial charge in [-0.3, -0.25) is 4.79 Å². The highest BCUT2D eigenvalue weighted by atomic mass is 16.3. The lowest BCUT2D eigenvalue weighted by Crippen LogP contribution is -2.25. The highest BCUT2D eigenvalue weighted by Gasteiger charge is 2.46. The van der Waals surface area contributed by atoms with Crippen molar-refractivity contribution in [2.45, 2.75) is 116 Å². The summed E-state index contributed by atoms with van der Waals surface area (Å²) in [6.45, 7) is 18.7. The molecule has 3 heterocycles. The number of para-hydroxylation sites is 1. The van der Waals surface area contributed by atoms with E-state index in [9.17, 15) is 10.1 Å². The maximum absolute atomic E-state index is 14.2. The van der Waals surface area contributed by atoms with Crippen LogP contribution in [0.4, 0.5) is 0 Å². The molecule has 3 aromatic heterocycles. The van der Waals surface area contributed by atoms with Crippen molar-refractivity contribution >= 4 is 60.0 Å². The normalized spacial score (nSPS) is 22.5. The molecule has 0 aliphatic heterocycles.